The SMILES string of the molecule is O=C(Cc1ccccc1F)N[C@@H]1CCOc2ccccc21. The molecule has 0 saturated heterocycles. The Morgan fingerprint density at radius 1 is 1.19 bits per heavy atom. The van der Waals surface area contributed by atoms with Crippen LogP contribution in [0.4, 0.5) is 4.39 Å². The molecule has 0 unspecified atom stereocenters. The van der Waals surface area contributed by atoms with Crippen LogP contribution in [0.5, 0.6) is 5.75 Å². The van der Waals surface area contributed by atoms with Crippen LogP contribution in [0.2, 0.25) is 0 Å². The molecule has 1 aliphatic heterocycles. The Morgan fingerprint density at radius 3 is 2.81 bits per heavy atom. The highest BCUT2D eigenvalue weighted by molar-refractivity contribution is 5.79. The van der Waals surface area contributed by atoms with Crippen molar-refractivity contribution in [1.29, 1.82) is 0 Å². The van der Waals surface area contributed by atoms with E-state index in [9.17, 15) is 9.18 Å². The lowest BCUT2D eigenvalue weighted by molar-refractivity contribution is -0.121. The maximum absolute atomic E-state index is 13.6. The fraction of sp³-hybridized carbons (Fsp3) is 0.235. The van der Waals surface area contributed by atoms with Gasteiger partial charge in [-0.25, -0.2) is 4.39 Å². The van der Waals surface area contributed by atoms with Crippen molar-refractivity contribution in [1.82, 2.24) is 5.32 Å². The zero-order valence-electron chi connectivity index (χ0n) is 11.5. The van der Waals surface area contributed by atoms with Crippen LogP contribution in [-0.2, 0) is 11.2 Å². The monoisotopic (exact) mass is 285 g/mol. The quantitative estimate of drug-likeness (QED) is 0.941. The minimum absolute atomic E-state index is 0.0478. The van der Waals surface area contributed by atoms with Crippen LogP contribution in [0.1, 0.15) is 23.6 Å². The largest absolute Gasteiger partial charge is 0.493 e. The van der Waals surface area contributed by atoms with Gasteiger partial charge in [0, 0.05) is 12.0 Å². The molecule has 2 aromatic carbocycles. The number of hydrogen-bond acceptors (Lipinski definition) is 2. The van der Waals surface area contributed by atoms with Crippen LogP contribution >= 0.6 is 0 Å². The number of carbonyl (C=O) groups is 1. The highest BCUT2D eigenvalue weighted by atomic mass is 19.1. The Morgan fingerprint density at radius 2 is 1.95 bits per heavy atom. The lowest BCUT2D eigenvalue weighted by atomic mass is 10.00. The van der Waals surface area contributed by atoms with Gasteiger partial charge in [-0.1, -0.05) is 36.4 Å². The molecule has 4 heteroatoms. The molecule has 0 aliphatic carbocycles. The first-order valence-electron chi connectivity index (χ1n) is 6.98. The summed E-state index contributed by atoms with van der Waals surface area (Å²) < 4.78 is 19.1. The molecule has 1 N–H and O–H groups in total. The Kier molecular flexibility index (Phi) is 3.86. The van der Waals surface area contributed by atoms with Crippen LogP contribution in [0.3, 0.4) is 0 Å². The average molecular weight is 285 g/mol. The van der Waals surface area contributed by atoms with Gasteiger partial charge in [0.15, 0.2) is 0 Å². The first kappa shape index (κ1) is 13.6. The molecule has 108 valence electrons. The van der Waals surface area contributed by atoms with E-state index < -0.39 is 0 Å². The van der Waals surface area contributed by atoms with Gasteiger partial charge in [0.25, 0.3) is 0 Å². The second-order valence-corrected chi connectivity index (χ2v) is 5.06. The van der Waals surface area contributed by atoms with E-state index in [0.29, 0.717) is 12.2 Å². The molecule has 0 saturated carbocycles. The Bertz CT molecular complexity index is 657. The number of carbonyl (C=O) groups excluding carboxylic acids is 1. The Labute approximate surface area is 122 Å². The fourth-order valence-corrected chi connectivity index (χ4v) is 2.55. The van der Waals surface area contributed by atoms with Gasteiger partial charge in [0.2, 0.25) is 5.91 Å². The number of fused-ring (bicyclic) bond motifs is 1. The summed E-state index contributed by atoms with van der Waals surface area (Å²) in [7, 11) is 0. The summed E-state index contributed by atoms with van der Waals surface area (Å²) in [5.41, 5.74) is 1.39. The molecule has 1 heterocycles. The summed E-state index contributed by atoms with van der Waals surface area (Å²) in [5, 5.41) is 2.97. The maximum atomic E-state index is 13.6. The molecule has 0 aromatic heterocycles. The fourth-order valence-electron chi connectivity index (χ4n) is 2.55. The third kappa shape index (κ3) is 3.05. The molecule has 1 aliphatic rings. The summed E-state index contributed by atoms with van der Waals surface area (Å²) in [6, 6.07) is 13.9. The van der Waals surface area contributed by atoms with Crippen molar-refractivity contribution < 1.29 is 13.9 Å². The van der Waals surface area contributed by atoms with Crippen LogP contribution in [0.15, 0.2) is 48.5 Å². The number of hydrogen-bond donors (Lipinski definition) is 1. The first-order valence-corrected chi connectivity index (χ1v) is 6.98. The van der Waals surface area contributed by atoms with E-state index in [1.54, 1.807) is 18.2 Å². The lowest BCUT2D eigenvalue weighted by Gasteiger charge is -2.26. The molecular weight excluding hydrogens is 269 g/mol. The van der Waals surface area contributed by atoms with Gasteiger partial charge in [-0.2, -0.15) is 0 Å². The van der Waals surface area contributed by atoms with Gasteiger partial charge in [-0.15, -0.1) is 0 Å². The number of nitrogens with one attached hydrogen (secondary N) is 1. The van der Waals surface area contributed by atoms with Crippen molar-refractivity contribution >= 4 is 5.91 Å². The molecule has 1 amide bonds. The van der Waals surface area contributed by atoms with Crippen molar-refractivity contribution in [3.63, 3.8) is 0 Å². The highest BCUT2D eigenvalue weighted by Crippen LogP contribution is 2.31. The van der Waals surface area contributed by atoms with E-state index in [4.69, 9.17) is 4.74 Å². The van der Waals surface area contributed by atoms with Gasteiger partial charge in [-0.3, -0.25) is 4.79 Å². The smallest absolute Gasteiger partial charge is 0.225 e. The van der Waals surface area contributed by atoms with E-state index in [2.05, 4.69) is 5.32 Å². The van der Waals surface area contributed by atoms with Crippen LogP contribution < -0.4 is 10.1 Å². The van der Waals surface area contributed by atoms with Crippen molar-refractivity contribution in [3.8, 4) is 5.75 Å². The first-order chi connectivity index (χ1) is 10.2. The third-order valence-corrected chi connectivity index (χ3v) is 3.60. The van der Waals surface area contributed by atoms with Crippen LogP contribution in [0, 0.1) is 5.82 Å². The van der Waals surface area contributed by atoms with E-state index in [-0.39, 0.29) is 24.2 Å². The molecule has 21 heavy (non-hydrogen) atoms. The maximum Gasteiger partial charge on any atom is 0.225 e. The van der Waals surface area contributed by atoms with E-state index >= 15 is 0 Å². The van der Waals surface area contributed by atoms with Gasteiger partial charge >= 0.3 is 0 Å². The number of rotatable bonds is 3. The number of ether oxygens (including phenoxy) is 1. The minimum Gasteiger partial charge on any atom is -0.493 e. The summed E-state index contributed by atoms with van der Waals surface area (Å²) >= 11 is 0. The second kappa shape index (κ2) is 5.95. The number of halogens is 1. The Hall–Kier alpha value is -2.36. The summed E-state index contributed by atoms with van der Waals surface area (Å²) in [5.74, 6) is 0.279. The molecule has 3 rings (SSSR count). The molecular formula is C17H16FNO2. The van der Waals surface area contributed by atoms with Crippen molar-refractivity contribution in [2.45, 2.75) is 18.9 Å². The Balaban J connectivity index is 1.70. The molecule has 0 bridgehead atoms. The summed E-state index contributed by atoms with van der Waals surface area (Å²) in [6.07, 6.45) is 0.770. The number of benzene rings is 2. The standard InChI is InChI=1S/C17H16FNO2/c18-14-7-3-1-5-12(14)11-17(20)19-15-9-10-21-16-8-4-2-6-13(15)16/h1-8,15H,9-11H2,(H,19,20)/t15-/m1/s1. The number of para-hydroxylation sites is 1. The van der Waals surface area contributed by atoms with Crippen molar-refractivity contribution in [2.24, 2.45) is 0 Å². The molecule has 1 atom stereocenters. The van der Waals surface area contributed by atoms with Crippen LogP contribution in [-0.4, -0.2) is 12.5 Å². The van der Waals surface area contributed by atoms with Crippen molar-refractivity contribution in [3.05, 3.63) is 65.5 Å². The van der Waals surface area contributed by atoms with Gasteiger partial charge in [0.1, 0.15) is 11.6 Å². The average Bonchev–Trinajstić information content (AvgIpc) is 2.50. The zero-order chi connectivity index (χ0) is 14.7. The predicted octanol–water partition coefficient (Wildman–Crippen LogP) is 3.01. The number of amides is 1. The topological polar surface area (TPSA) is 38.3 Å². The van der Waals surface area contributed by atoms with Crippen LogP contribution in [0.25, 0.3) is 0 Å². The summed E-state index contributed by atoms with van der Waals surface area (Å²) in [6.45, 7) is 0.571. The molecule has 3 nitrogen and oxygen atoms in total. The molecule has 0 spiro atoms. The van der Waals surface area contributed by atoms with E-state index in [1.165, 1.54) is 6.07 Å². The van der Waals surface area contributed by atoms with Gasteiger partial charge in [0.05, 0.1) is 19.1 Å². The summed E-state index contributed by atoms with van der Waals surface area (Å²) in [4.78, 5) is 12.1. The van der Waals surface area contributed by atoms with Gasteiger partial charge < -0.3 is 10.1 Å². The molecule has 0 fully saturated rings. The predicted molar refractivity (Wildman–Crippen MR) is 77.5 cm³/mol. The minimum atomic E-state index is -0.347. The van der Waals surface area contributed by atoms with Gasteiger partial charge in [-0.05, 0) is 17.7 Å². The van der Waals surface area contributed by atoms with E-state index in [0.717, 1.165) is 17.7 Å². The second-order valence-electron chi connectivity index (χ2n) is 5.06. The highest BCUT2D eigenvalue weighted by Gasteiger charge is 2.22. The molecule has 2 aromatic rings. The normalized spacial score (nSPS) is 16.7. The van der Waals surface area contributed by atoms with E-state index in [1.807, 2.05) is 24.3 Å². The zero-order valence-corrected chi connectivity index (χ0v) is 11.5. The van der Waals surface area contributed by atoms with Crippen molar-refractivity contribution in [2.75, 3.05) is 6.61 Å². The third-order valence-electron chi connectivity index (χ3n) is 3.60. The lowest BCUT2D eigenvalue weighted by Crippen LogP contribution is -2.33. The molecule has 0 radical (unpaired) electrons.